The molecule has 0 amide bonds. The molecule has 76 valence electrons. The zero-order chi connectivity index (χ0) is 9.52. The molecule has 1 fully saturated rings. The second-order valence-electron chi connectivity index (χ2n) is 3.94. The summed E-state index contributed by atoms with van der Waals surface area (Å²) in [5.74, 6) is 0.621. The molecule has 0 aromatic rings. The van der Waals surface area contributed by atoms with E-state index in [4.69, 9.17) is 9.31 Å². The average Bonchev–Trinajstić information content (AvgIpc) is 2.09. The molecule has 0 unspecified atom stereocenters. The molecule has 0 N–H and O–H groups in total. The summed E-state index contributed by atoms with van der Waals surface area (Å²) >= 11 is 0. The van der Waals surface area contributed by atoms with Crippen LogP contribution >= 0.6 is 0 Å². The minimum atomic E-state index is 0.0260. The Kier molecular flexibility index (Phi) is 5.48. The molecule has 0 aromatic heterocycles. The molecule has 0 saturated heterocycles. The Balaban J connectivity index is 2.35. The van der Waals surface area contributed by atoms with Gasteiger partial charge in [-0.25, -0.2) is 0 Å². The fourth-order valence-corrected chi connectivity index (χ4v) is 2.24. The molecular weight excluding hydrogens is 163 g/mol. The molecule has 0 spiro atoms. The van der Waals surface area contributed by atoms with E-state index in [-0.39, 0.29) is 7.12 Å². The van der Waals surface area contributed by atoms with Gasteiger partial charge in [-0.1, -0.05) is 44.9 Å². The maximum absolute atomic E-state index is 5.31. The van der Waals surface area contributed by atoms with Crippen LogP contribution in [-0.2, 0) is 9.31 Å². The average molecular weight is 184 g/mol. The van der Waals surface area contributed by atoms with E-state index >= 15 is 0 Å². The second kappa shape index (κ2) is 6.44. The van der Waals surface area contributed by atoms with Gasteiger partial charge in [-0.05, 0) is 5.82 Å². The molecule has 0 atom stereocenters. The van der Waals surface area contributed by atoms with Crippen LogP contribution in [0.5, 0.6) is 0 Å². The van der Waals surface area contributed by atoms with Crippen molar-refractivity contribution in [3.63, 3.8) is 0 Å². The molecule has 1 aliphatic carbocycles. The summed E-state index contributed by atoms with van der Waals surface area (Å²) in [4.78, 5) is 0. The molecule has 0 aliphatic heterocycles. The Morgan fingerprint density at radius 3 is 1.77 bits per heavy atom. The first-order valence-corrected chi connectivity index (χ1v) is 5.44. The van der Waals surface area contributed by atoms with Gasteiger partial charge in [0.25, 0.3) is 0 Å². The highest BCUT2D eigenvalue weighted by molar-refractivity contribution is 6.46. The Morgan fingerprint density at radius 2 is 1.31 bits per heavy atom. The molecule has 2 nitrogen and oxygen atoms in total. The predicted octanol–water partition coefficient (Wildman–Crippen LogP) is 2.88. The summed E-state index contributed by atoms with van der Waals surface area (Å²) in [7, 11) is 3.51. The van der Waals surface area contributed by atoms with Gasteiger partial charge in [0.15, 0.2) is 0 Å². The zero-order valence-corrected chi connectivity index (χ0v) is 8.92. The van der Waals surface area contributed by atoms with Crippen molar-refractivity contribution in [2.45, 2.75) is 50.8 Å². The quantitative estimate of drug-likeness (QED) is 0.628. The van der Waals surface area contributed by atoms with E-state index in [1.807, 2.05) is 0 Å². The molecule has 0 heterocycles. The van der Waals surface area contributed by atoms with Gasteiger partial charge >= 0.3 is 7.12 Å². The summed E-state index contributed by atoms with van der Waals surface area (Å²) in [6.07, 6.45) is 9.41. The lowest BCUT2D eigenvalue weighted by atomic mass is 9.66. The molecule has 0 aromatic carbocycles. The third kappa shape index (κ3) is 3.69. The monoisotopic (exact) mass is 184 g/mol. The van der Waals surface area contributed by atoms with Crippen molar-refractivity contribution < 1.29 is 9.31 Å². The summed E-state index contributed by atoms with van der Waals surface area (Å²) in [6, 6.07) is 0. The van der Waals surface area contributed by atoms with Gasteiger partial charge in [-0.15, -0.1) is 0 Å². The highest BCUT2D eigenvalue weighted by atomic mass is 16.6. The van der Waals surface area contributed by atoms with Crippen LogP contribution in [0.3, 0.4) is 0 Å². The summed E-state index contributed by atoms with van der Waals surface area (Å²) < 4.78 is 10.6. The van der Waals surface area contributed by atoms with Crippen molar-refractivity contribution >= 4 is 7.12 Å². The maximum atomic E-state index is 5.31. The van der Waals surface area contributed by atoms with E-state index in [1.165, 1.54) is 44.9 Å². The van der Waals surface area contributed by atoms with Crippen LogP contribution < -0.4 is 0 Å². The molecular formula is C10H21BO2. The van der Waals surface area contributed by atoms with Gasteiger partial charge in [0.2, 0.25) is 0 Å². The maximum Gasteiger partial charge on any atom is 0.459 e. The summed E-state index contributed by atoms with van der Waals surface area (Å²) in [5.41, 5.74) is 0. The number of hydrogen-bond acceptors (Lipinski definition) is 2. The molecule has 0 radical (unpaired) electrons. The van der Waals surface area contributed by atoms with Crippen LogP contribution in [-0.4, -0.2) is 21.3 Å². The van der Waals surface area contributed by atoms with Crippen LogP contribution in [0.4, 0.5) is 0 Å². The van der Waals surface area contributed by atoms with Crippen LogP contribution in [0.2, 0.25) is 5.82 Å². The van der Waals surface area contributed by atoms with Gasteiger partial charge in [0.1, 0.15) is 0 Å². The van der Waals surface area contributed by atoms with Crippen molar-refractivity contribution in [3.8, 4) is 0 Å². The van der Waals surface area contributed by atoms with E-state index < -0.39 is 0 Å². The minimum Gasteiger partial charge on any atom is -0.414 e. The normalized spacial score (nSPS) is 20.8. The largest absolute Gasteiger partial charge is 0.459 e. The first-order chi connectivity index (χ1) is 6.38. The molecule has 1 saturated carbocycles. The lowest BCUT2D eigenvalue weighted by molar-refractivity contribution is 0.255. The molecule has 13 heavy (non-hydrogen) atoms. The van der Waals surface area contributed by atoms with E-state index in [1.54, 1.807) is 14.2 Å². The van der Waals surface area contributed by atoms with Gasteiger partial charge in [0.05, 0.1) is 0 Å². The Hall–Kier alpha value is -0.0151. The molecule has 1 rings (SSSR count). The Bertz CT molecular complexity index is 118. The lowest BCUT2D eigenvalue weighted by Crippen LogP contribution is -2.26. The van der Waals surface area contributed by atoms with E-state index in [0.717, 1.165) is 0 Å². The Labute approximate surface area is 82.1 Å². The van der Waals surface area contributed by atoms with Crippen LogP contribution in [0.25, 0.3) is 0 Å². The fourth-order valence-electron chi connectivity index (χ4n) is 2.24. The SMILES string of the molecule is COB(OC)C1CCCCCCC1. The predicted molar refractivity (Wildman–Crippen MR) is 55.8 cm³/mol. The highest BCUT2D eigenvalue weighted by Gasteiger charge is 2.27. The first-order valence-electron chi connectivity index (χ1n) is 5.44. The van der Waals surface area contributed by atoms with E-state index in [2.05, 4.69) is 0 Å². The van der Waals surface area contributed by atoms with Gasteiger partial charge in [-0.2, -0.15) is 0 Å². The van der Waals surface area contributed by atoms with Crippen molar-refractivity contribution in [3.05, 3.63) is 0 Å². The second-order valence-corrected chi connectivity index (χ2v) is 3.94. The van der Waals surface area contributed by atoms with Gasteiger partial charge in [0, 0.05) is 14.2 Å². The molecule has 3 heteroatoms. The fraction of sp³-hybridized carbons (Fsp3) is 1.00. The highest BCUT2D eigenvalue weighted by Crippen LogP contribution is 2.29. The van der Waals surface area contributed by atoms with Crippen molar-refractivity contribution in [1.29, 1.82) is 0 Å². The van der Waals surface area contributed by atoms with Crippen molar-refractivity contribution in [2.75, 3.05) is 14.2 Å². The third-order valence-corrected chi connectivity index (χ3v) is 3.00. The smallest absolute Gasteiger partial charge is 0.414 e. The summed E-state index contributed by atoms with van der Waals surface area (Å²) in [6.45, 7) is 0. The standard InChI is InChI=1S/C10H21BO2/c1-12-11(13-2)10-8-6-4-3-5-7-9-10/h10H,3-9H2,1-2H3. The topological polar surface area (TPSA) is 18.5 Å². The van der Waals surface area contributed by atoms with Crippen LogP contribution in [0, 0.1) is 0 Å². The van der Waals surface area contributed by atoms with Crippen molar-refractivity contribution in [2.24, 2.45) is 0 Å². The lowest BCUT2D eigenvalue weighted by Gasteiger charge is -2.22. The summed E-state index contributed by atoms with van der Waals surface area (Å²) in [5, 5.41) is 0. The van der Waals surface area contributed by atoms with Gasteiger partial charge in [-0.3, -0.25) is 0 Å². The molecule has 1 aliphatic rings. The number of rotatable bonds is 3. The molecule has 0 bridgehead atoms. The van der Waals surface area contributed by atoms with Crippen molar-refractivity contribution in [1.82, 2.24) is 0 Å². The third-order valence-electron chi connectivity index (χ3n) is 3.00. The van der Waals surface area contributed by atoms with Gasteiger partial charge < -0.3 is 9.31 Å². The number of hydrogen-bond donors (Lipinski definition) is 0. The zero-order valence-electron chi connectivity index (χ0n) is 8.92. The van der Waals surface area contributed by atoms with Crippen LogP contribution in [0.1, 0.15) is 44.9 Å². The van der Waals surface area contributed by atoms with E-state index in [0.29, 0.717) is 5.82 Å². The minimum absolute atomic E-state index is 0.0260. The first kappa shape index (κ1) is 11.1. The van der Waals surface area contributed by atoms with E-state index in [9.17, 15) is 0 Å². The Morgan fingerprint density at radius 1 is 0.846 bits per heavy atom. The van der Waals surface area contributed by atoms with Crippen LogP contribution in [0.15, 0.2) is 0 Å².